The van der Waals surface area contributed by atoms with Gasteiger partial charge in [0.25, 0.3) is 0 Å². The van der Waals surface area contributed by atoms with Gasteiger partial charge < -0.3 is 4.74 Å². The summed E-state index contributed by atoms with van der Waals surface area (Å²) >= 11 is 4.25. The third-order valence-electron chi connectivity index (χ3n) is 0.881. The molecule has 1 rings (SSSR count). The first-order valence-corrected chi connectivity index (χ1v) is 10.1. The van der Waals surface area contributed by atoms with Crippen LogP contribution in [0.25, 0.3) is 0 Å². The average molecular weight is 267 g/mol. The molecular formula is C7H8BrNOZn. The fraction of sp³-hybridized carbons (Fsp3) is 0.286. The average Bonchev–Trinajstić information content (AvgIpc) is 2.11. The van der Waals surface area contributed by atoms with Crippen LogP contribution in [0.1, 0.15) is 6.92 Å². The van der Waals surface area contributed by atoms with Crippen LogP contribution in [0, 0.1) is 6.07 Å². The van der Waals surface area contributed by atoms with Gasteiger partial charge in [-0.25, -0.2) is 12.1 Å². The van der Waals surface area contributed by atoms with Crippen molar-refractivity contribution in [2.75, 3.05) is 6.61 Å². The van der Waals surface area contributed by atoms with Gasteiger partial charge in [0.2, 0.25) is 0 Å². The van der Waals surface area contributed by atoms with E-state index in [1.807, 2.05) is 6.92 Å². The molecule has 1 heterocycles. The third-order valence-corrected chi connectivity index (χ3v) is 0.881. The van der Waals surface area contributed by atoms with Gasteiger partial charge in [-0.2, -0.15) is 0 Å². The normalized spacial score (nSPS) is 8.00. The number of hydrogen-bond acceptors (Lipinski definition) is 2. The molecule has 2 nitrogen and oxygen atoms in total. The second kappa shape index (κ2) is 8.15. The third kappa shape index (κ3) is 5.34. The molecule has 56 valence electrons. The number of nitrogens with zero attached hydrogens (tertiary/aromatic N) is 1. The molecule has 0 aromatic carbocycles. The summed E-state index contributed by atoms with van der Waals surface area (Å²) in [6.45, 7) is 2.59. The summed E-state index contributed by atoms with van der Waals surface area (Å²) in [5, 5.41) is 0. The van der Waals surface area contributed by atoms with E-state index in [0.29, 0.717) is 12.5 Å². The van der Waals surface area contributed by atoms with Crippen molar-refractivity contribution in [1.29, 1.82) is 0 Å². The SMILES string of the molecule is CCOc1cc[c-]cn1.[Zn+][Br]. The number of ether oxygens (including phenoxy) is 1. The summed E-state index contributed by atoms with van der Waals surface area (Å²) in [6, 6.07) is 6.36. The maximum atomic E-state index is 5.07. The number of pyridine rings is 1. The Bertz CT molecular complexity index is 171. The van der Waals surface area contributed by atoms with Gasteiger partial charge in [0.05, 0.1) is 6.61 Å². The molecule has 0 radical (unpaired) electrons. The van der Waals surface area contributed by atoms with Crippen LogP contribution >= 0.6 is 13.6 Å². The van der Waals surface area contributed by atoms with Crippen molar-refractivity contribution in [2.24, 2.45) is 0 Å². The molecule has 1 aromatic rings. The van der Waals surface area contributed by atoms with E-state index in [1.165, 1.54) is 16.3 Å². The van der Waals surface area contributed by atoms with Crippen molar-refractivity contribution in [3.8, 4) is 5.88 Å². The van der Waals surface area contributed by atoms with Crippen LogP contribution in [0.3, 0.4) is 0 Å². The Kier molecular flexibility index (Phi) is 8.19. The molecule has 0 aliphatic rings. The van der Waals surface area contributed by atoms with Gasteiger partial charge in [0, 0.05) is 0 Å². The fourth-order valence-electron chi connectivity index (χ4n) is 0.540. The summed E-state index contributed by atoms with van der Waals surface area (Å²) in [4.78, 5) is 3.89. The summed E-state index contributed by atoms with van der Waals surface area (Å²) in [5.41, 5.74) is 0. The fourth-order valence-corrected chi connectivity index (χ4v) is 0.540. The molecule has 0 spiro atoms. The molecule has 0 fully saturated rings. The molecule has 11 heavy (non-hydrogen) atoms. The minimum absolute atomic E-state index is 0.663. The van der Waals surface area contributed by atoms with E-state index in [9.17, 15) is 0 Å². The number of halogens is 1. The van der Waals surface area contributed by atoms with E-state index in [1.54, 1.807) is 18.3 Å². The number of rotatable bonds is 2. The first-order valence-electron chi connectivity index (χ1n) is 3.15. The van der Waals surface area contributed by atoms with Crippen molar-refractivity contribution in [3.63, 3.8) is 0 Å². The van der Waals surface area contributed by atoms with Crippen LogP contribution < -0.4 is 4.74 Å². The number of aromatic nitrogens is 1. The zero-order valence-corrected chi connectivity index (χ0v) is 10.9. The Labute approximate surface area is 83.4 Å². The van der Waals surface area contributed by atoms with Gasteiger partial charge in [-0.1, -0.05) is 6.20 Å². The van der Waals surface area contributed by atoms with E-state index >= 15 is 0 Å². The second-order valence-electron chi connectivity index (χ2n) is 1.53. The van der Waals surface area contributed by atoms with Crippen LogP contribution in [-0.4, -0.2) is 11.6 Å². The minimum atomic E-state index is 0.663. The second-order valence-corrected chi connectivity index (χ2v) is 1.53. The van der Waals surface area contributed by atoms with Crippen molar-refractivity contribution in [1.82, 2.24) is 4.98 Å². The van der Waals surface area contributed by atoms with Crippen molar-refractivity contribution >= 4 is 13.6 Å². The molecule has 1 aromatic heterocycles. The summed E-state index contributed by atoms with van der Waals surface area (Å²) in [6.07, 6.45) is 1.59. The Hall–Kier alpha value is 0.0534. The summed E-state index contributed by atoms with van der Waals surface area (Å²) in [5.74, 6) is 0.663. The molecule has 0 N–H and O–H groups in total. The molecule has 0 aliphatic heterocycles. The standard InChI is InChI=1S/C7H8NO.BrH.Zn/c1-2-9-7-5-3-4-6-8-7;;/h3,5-6H,2H2,1H3;1H;/q-1;;+2/p-1. The predicted molar refractivity (Wildman–Crippen MR) is 43.2 cm³/mol. The van der Waals surface area contributed by atoms with Crippen molar-refractivity contribution in [2.45, 2.75) is 6.92 Å². The van der Waals surface area contributed by atoms with Gasteiger partial charge in [-0.15, -0.1) is 6.07 Å². The van der Waals surface area contributed by atoms with Gasteiger partial charge in [-0.05, 0) is 6.92 Å². The van der Waals surface area contributed by atoms with Crippen LogP contribution in [0.2, 0.25) is 0 Å². The Morgan fingerprint density at radius 3 is 2.91 bits per heavy atom. The van der Waals surface area contributed by atoms with Gasteiger partial charge >= 0.3 is 30.0 Å². The maximum absolute atomic E-state index is 5.07. The molecule has 0 aliphatic carbocycles. The first-order chi connectivity index (χ1) is 5.43. The van der Waals surface area contributed by atoms with Crippen LogP contribution in [-0.2, 0) is 16.3 Å². The molecule has 0 bridgehead atoms. The van der Waals surface area contributed by atoms with E-state index < -0.39 is 0 Å². The molecule has 0 amide bonds. The van der Waals surface area contributed by atoms with Gasteiger partial charge in [-0.3, -0.25) is 4.98 Å². The zero-order valence-electron chi connectivity index (χ0n) is 6.38. The Morgan fingerprint density at radius 1 is 1.73 bits per heavy atom. The summed E-state index contributed by atoms with van der Waals surface area (Å²) < 4.78 is 5.07. The van der Waals surface area contributed by atoms with E-state index in [4.69, 9.17) is 4.74 Å². The quantitative estimate of drug-likeness (QED) is 0.605. The van der Waals surface area contributed by atoms with E-state index in [0.717, 1.165) is 0 Å². The first kappa shape index (κ1) is 11.1. The summed E-state index contributed by atoms with van der Waals surface area (Å²) in [7, 11) is 0. The van der Waals surface area contributed by atoms with Gasteiger partial charge in [0.15, 0.2) is 0 Å². The predicted octanol–water partition coefficient (Wildman–Crippen LogP) is 2.12. The van der Waals surface area contributed by atoms with Crippen LogP contribution in [0.5, 0.6) is 5.88 Å². The topological polar surface area (TPSA) is 22.1 Å². The van der Waals surface area contributed by atoms with Crippen LogP contribution in [0.15, 0.2) is 18.3 Å². The Balaban J connectivity index is 0.000000461. The molecule has 4 heteroatoms. The zero-order chi connectivity index (χ0) is 8.53. The Morgan fingerprint density at radius 2 is 2.45 bits per heavy atom. The molecule has 0 saturated heterocycles. The molecule has 0 unspecified atom stereocenters. The van der Waals surface area contributed by atoms with Crippen molar-refractivity contribution in [3.05, 3.63) is 24.4 Å². The number of hydrogen-bond donors (Lipinski definition) is 0. The molecule has 0 atom stereocenters. The van der Waals surface area contributed by atoms with Crippen LogP contribution in [0.4, 0.5) is 0 Å². The van der Waals surface area contributed by atoms with E-state index in [2.05, 4.69) is 24.7 Å². The monoisotopic (exact) mass is 265 g/mol. The van der Waals surface area contributed by atoms with Crippen molar-refractivity contribution < 1.29 is 21.1 Å². The van der Waals surface area contributed by atoms with Gasteiger partial charge in [0.1, 0.15) is 5.88 Å². The molecule has 0 saturated carbocycles. The molecular weight excluding hydrogens is 259 g/mol. The van der Waals surface area contributed by atoms with E-state index in [-0.39, 0.29) is 0 Å².